The smallest absolute Gasteiger partial charge is 0.108 e. The third kappa shape index (κ3) is 7.44. The molecule has 1 atom stereocenters. The molecule has 0 amide bonds. The van der Waals surface area contributed by atoms with E-state index in [1.54, 1.807) is 0 Å². The van der Waals surface area contributed by atoms with Crippen LogP contribution >= 0.6 is 23.2 Å². The first kappa shape index (κ1) is 22.2. The van der Waals surface area contributed by atoms with E-state index in [0.717, 1.165) is 37.1 Å². The second-order valence-electron chi connectivity index (χ2n) is 6.77. The predicted octanol–water partition coefficient (Wildman–Crippen LogP) is 5.58. The van der Waals surface area contributed by atoms with Crippen LogP contribution in [0, 0.1) is 0 Å². The van der Waals surface area contributed by atoms with Gasteiger partial charge in [-0.15, -0.1) is 0 Å². The summed E-state index contributed by atoms with van der Waals surface area (Å²) in [6, 6.07) is 15.2. The number of ether oxygens (including phenoxy) is 1. The van der Waals surface area contributed by atoms with E-state index < -0.39 is 6.10 Å². The molecule has 3 nitrogen and oxygen atoms in total. The summed E-state index contributed by atoms with van der Waals surface area (Å²) in [6.45, 7) is 7.17. The molecule has 0 heterocycles. The zero-order valence-corrected chi connectivity index (χ0v) is 17.6. The van der Waals surface area contributed by atoms with Gasteiger partial charge in [-0.2, -0.15) is 0 Å². The highest BCUT2D eigenvalue weighted by atomic mass is 35.5. The lowest BCUT2D eigenvalue weighted by molar-refractivity contribution is -0.00837. The first-order valence-corrected chi connectivity index (χ1v) is 10.3. The Hall–Kier alpha value is -1.10. The average Bonchev–Trinajstić information content (AvgIpc) is 2.65. The lowest BCUT2D eigenvalue weighted by atomic mass is 10.0. The molecule has 0 aliphatic rings. The summed E-state index contributed by atoms with van der Waals surface area (Å²) in [5.41, 5.74) is 1.99. The highest BCUT2D eigenvalue weighted by Crippen LogP contribution is 2.28. The van der Waals surface area contributed by atoms with Crippen molar-refractivity contribution in [2.24, 2.45) is 0 Å². The Kier molecular flexibility index (Phi) is 9.60. The zero-order chi connectivity index (χ0) is 19.6. The molecule has 148 valence electrons. The van der Waals surface area contributed by atoms with Crippen LogP contribution in [0.25, 0.3) is 0 Å². The molecule has 0 saturated carbocycles. The van der Waals surface area contributed by atoms with Crippen LogP contribution < -0.4 is 0 Å². The largest absolute Gasteiger partial charge is 0.389 e. The van der Waals surface area contributed by atoms with E-state index in [4.69, 9.17) is 27.9 Å². The SMILES string of the molecule is CCCN(CCC)C[C@H](O)COC(c1ccc(Cl)cc1)c1ccc(Cl)cc1. The maximum atomic E-state index is 10.5. The summed E-state index contributed by atoms with van der Waals surface area (Å²) >= 11 is 12.0. The summed E-state index contributed by atoms with van der Waals surface area (Å²) in [4.78, 5) is 2.29. The Balaban J connectivity index is 2.07. The molecule has 0 aliphatic carbocycles. The Morgan fingerprint density at radius 1 is 0.852 bits per heavy atom. The van der Waals surface area contributed by atoms with Gasteiger partial charge in [0.2, 0.25) is 0 Å². The number of halogens is 2. The van der Waals surface area contributed by atoms with E-state index >= 15 is 0 Å². The number of benzene rings is 2. The monoisotopic (exact) mass is 409 g/mol. The maximum Gasteiger partial charge on any atom is 0.108 e. The van der Waals surface area contributed by atoms with E-state index in [-0.39, 0.29) is 12.7 Å². The van der Waals surface area contributed by atoms with Crippen molar-refractivity contribution in [3.05, 3.63) is 69.7 Å². The lowest BCUT2D eigenvalue weighted by Crippen LogP contribution is -2.36. The standard InChI is InChI=1S/C22H29Cl2NO2/c1-3-13-25(14-4-2)15-21(26)16-27-22(17-5-9-19(23)10-6-17)18-7-11-20(24)12-8-18/h5-12,21-22,26H,3-4,13-16H2,1-2H3/t21-/m0/s1. The molecule has 1 N–H and O–H groups in total. The fourth-order valence-corrected chi connectivity index (χ4v) is 3.40. The normalized spacial score (nSPS) is 12.7. The van der Waals surface area contributed by atoms with Gasteiger partial charge in [-0.05, 0) is 61.3 Å². The highest BCUT2D eigenvalue weighted by Gasteiger charge is 2.18. The van der Waals surface area contributed by atoms with Crippen LogP contribution in [0.1, 0.15) is 43.9 Å². The van der Waals surface area contributed by atoms with E-state index in [1.165, 1.54) is 0 Å². The molecule has 2 rings (SSSR count). The molecule has 0 bridgehead atoms. The van der Waals surface area contributed by atoms with Crippen molar-refractivity contribution in [3.63, 3.8) is 0 Å². The van der Waals surface area contributed by atoms with E-state index in [1.807, 2.05) is 48.5 Å². The molecule has 0 aliphatic heterocycles. The van der Waals surface area contributed by atoms with Gasteiger partial charge in [0.25, 0.3) is 0 Å². The Labute approximate surface area is 172 Å². The van der Waals surface area contributed by atoms with Gasteiger partial charge in [0.15, 0.2) is 0 Å². The summed E-state index contributed by atoms with van der Waals surface area (Å²) in [5, 5.41) is 11.9. The minimum absolute atomic E-state index is 0.264. The molecule has 0 saturated heterocycles. The summed E-state index contributed by atoms with van der Waals surface area (Å²) in [6.07, 6.45) is 1.34. The fraction of sp³-hybridized carbons (Fsp3) is 0.455. The molecule has 2 aromatic carbocycles. The third-order valence-corrected chi connectivity index (χ3v) is 4.85. The summed E-state index contributed by atoms with van der Waals surface area (Å²) < 4.78 is 6.15. The third-order valence-electron chi connectivity index (χ3n) is 4.35. The molecule has 0 radical (unpaired) electrons. The Bertz CT molecular complexity index is 610. The van der Waals surface area contributed by atoms with Gasteiger partial charge in [-0.1, -0.05) is 61.3 Å². The second-order valence-corrected chi connectivity index (χ2v) is 7.64. The summed E-state index contributed by atoms with van der Waals surface area (Å²) in [7, 11) is 0. The van der Waals surface area contributed by atoms with Crippen LogP contribution in [0.3, 0.4) is 0 Å². The molecule has 27 heavy (non-hydrogen) atoms. The number of aliphatic hydroxyl groups excluding tert-OH is 1. The Morgan fingerprint density at radius 2 is 1.30 bits per heavy atom. The van der Waals surface area contributed by atoms with Crippen molar-refractivity contribution in [2.75, 3.05) is 26.2 Å². The minimum Gasteiger partial charge on any atom is -0.389 e. The number of rotatable bonds is 11. The molecule has 0 aromatic heterocycles. The summed E-state index contributed by atoms with van der Waals surface area (Å²) in [5.74, 6) is 0. The second kappa shape index (κ2) is 11.7. The van der Waals surface area contributed by atoms with Crippen molar-refractivity contribution in [1.29, 1.82) is 0 Å². The quantitative estimate of drug-likeness (QED) is 0.525. The van der Waals surface area contributed by atoms with Crippen LogP contribution in [0.5, 0.6) is 0 Å². The molecular formula is C22H29Cl2NO2. The molecule has 2 aromatic rings. The molecule has 0 spiro atoms. The predicted molar refractivity (Wildman–Crippen MR) is 114 cm³/mol. The van der Waals surface area contributed by atoms with Crippen LogP contribution in [0.15, 0.2) is 48.5 Å². The van der Waals surface area contributed by atoms with Crippen molar-refractivity contribution in [3.8, 4) is 0 Å². The van der Waals surface area contributed by atoms with E-state index in [0.29, 0.717) is 16.6 Å². The minimum atomic E-state index is -0.537. The van der Waals surface area contributed by atoms with Crippen molar-refractivity contribution in [1.82, 2.24) is 4.90 Å². The van der Waals surface area contributed by atoms with Gasteiger partial charge in [0.1, 0.15) is 6.10 Å². The lowest BCUT2D eigenvalue weighted by Gasteiger charge is -2.26. The molecule has 0 fully saturated rings. The van der Waals surface area contributed by atoms with Gasteiger partial charge < -0.3 is 14.7 Å². The topological polar surface area (TPSA) is 32.7 Å². The van der Waals surface area contributed by atoms with Gasteiger partial charge in [0, 0.05) is 16.6 Å². The van der Waals surface area contributed by atoms with Gasteiger partial charge in [-0.25, -0.2) is 0 Å². The van der Waals surface area contributed by atoms with Crippen LogP contribution in [0.4, 0.5) is 0 Å². The fourth-order valence-electron chi connectivity index (χ4n) is 3.14. The van der Waals surface area contributed by atoms with Crippen molar-refractivity contribution in [2.45, 2.75) is 38.9 Å². The highest BCUT2D eigenvalue weighted by molar-refractivity contribution is 6.30. The number of aliphatic hydroxyl groups is 1. The van der Waals surface area contributed by atoms with Gasteiger partial charge in [0.05, 0.1) is 12.7 Å². The number of hydrogen-bond donors (Lipinski definition) is 1. The van der Waals surface area contributed by atoms with Crippen LogP contribution in [0.2, 0.25) is 10.0 Å². The first-order valence-electron chi connectivity index (χ1n) is 9.56. The van der Waals surface area contributed by atoms with E-state index in [2.05, 4.69) is 18.7 Å². The van der Waals surface area contributed by atoms with Crippen LogP contribution in [-0.4, -0.2) is 42.4 Å². The average molecular weight is 410 g/mol. The van der Waals surface area contributed by atoms with Crippen molar-refractivity contribution < 1.29 is 9.84 Å². The number of nitrogens with zero attached hydrogens (tertiary/aromatic N) is 1. The zero-order valence-electron chi connectivity index (χ0n) is 16.1. The van der Waals surface area contributed by atoms with Crippen LogP contribution in [-0.2, 0) is 4.74 Å². The molecule has 0 unspecified atom stereocenters. The van der Waals surface area contributed by atoms with Gasteiger partial charge in [-0.3, -0.25) is 0 Å². The number of hydrogen-bond acceptors (Lipinski definition) is 3. The van der Waals surface area contributed by atoms with Crippen molar-refractivity contribution >= 4 is 23.2 Å². The Morgan fingerprint density at radius 3 is 1.70 bits per heavy atom. The first-order chi connectivity index (χ1) is 13.0. The maximum absolute atomic E-state index is 10.5. The molecular weight excluding hydrogens is 381 g/mol. The molecule has 5 heteroatoms. The van der Waals surface area contributed by atoms with Gasteiger partial charge >= 0.3 is 0 Å². The van der Waals surface area contributed by atoms with E-state index in [9.17, 15) is 5.11 Å².